The summed E-state index contributed by atoms with van der Waals surface area (Å²) in [5.74, 6) is -13.7. The Hall–Kier alpha value is -12.2. The quantitative estimate of drug-likeness (QED) is 0.0307. The molecule has 744 valence electrons. The van der Waals surface area contributed by atoms with Crippen LogP contribution in [0, 0.1) is 61.2 Å². The highest BCUT2D eigenvalue weighted by Gasteiger charge is 2.52. The number of carbonyl (C=O) groups excluding carboxylic acids is 7. The molecule has 2 saturated heterocycles. The van der Waals surface area contributed by atoms with Gasteiger partial charge >= 0.3 is 23.5 Å². The maximum absolute atomic E-state index is 14.8. The monoisotopic (exact) mass is 1900 g/mol. The number of nitrogens with zero attached hydrogens (tertiary/aromatic N) is 5. The number of ether oxygens (including phenoxy) is 8. The number of aldehydes is 1. The number of fused-ring (bicyclic) bond motifs is 2. The number of hydrogen-bond donors (Lipinski definition) is 13. The third-order valence-corrected chi connectivity index (χ3v) is 28.3. The van der Waals surface area contributed by atoms with Gasteiger partial charge in [-0.15, -0.1) is 0 Å². The van der Waals surface area contributed by atoms with E-state index in [2.05, 4.69) is 83.5 Å². The molecule has 0 radical (unpaired) electrons. The van der Waals surface area contributed by atoms with Crippen LogP contribution in [0.15, 0.2) is 133 Å². The molecule has 8 bridgehead atoms. The predicted molar refractivity (Wildman–Crippen MR) is 529 cm³/mol. The van der Waals surface area contributed by atoms with Crippen molar-refractivity contribution in [2.75, 3.05) is 108 Å². The molecule has 8 aromatic rings. The van der Waals surface area contributed by atoms with E-state index in [1.165, 1.54) is 78.8 Å². The maximum Gasteiger partial charge on any atom is 0.312 e. The first kappa shape index (κ1) is 105. The number of Topliss-reactive ketones (excluding diaryl/α,β-unsaturated/α-hetero) is 2. The number of phenolic OH excluding ortho intramolecular Hbond substituents is 4. The van der Waals surface area contributed by atoms with Gasteiger partial charge in [-0.3, -0.25) is 38.5 Å². The number of aromatic nitrogens is 2. The van der Waals surface area contributed by atoms with Crippen molar-refractivity contribution in [2.45, 2.75) is 191 Å². The van der Waals surface area contributed by atoms with Gasteiger partial charge < -0.3 is 125 Å². The Labute approximate surface area is 804 Å². The maximum atomic E-state index is 14.8. The van der Waals surface area contributed by atoms with Crippen LogP contribution in [0.3, 0.4) is 0 Å². The molecule has 6 aliphatic rings. The molecule has 0 aliphatic carbocycles. The number of aliphatic hydroxyl groups excluding tert-OH is 4. The minimum atomic E-state index is -1.96. The molecule has 14 rings (SSSR count). The Kier molecular flexibility index (Phi) is 33.3. The summed E-state index contributed by atoms with van der Waals surface area (Å²) in [6.07, 6.45) is 12.1. The van der Waals surface area contributed by atoms with Gasteiger partial charge in [0.05, 0.1) is 93.5 Å². The second-order valence-electron chi connectivity index (χ2n) is 38.2. The van der Waals surface area contributed by atoms with Gasteiger partial charge in [0.2, 0.25) is 0 Å². The van der Waals surface area contributed by atoms with E-state index in [1.54, 1.807) is 131 Å². The fourth-order valence-corrected chi connectivity index (χ4v) is 19.5. The summed E-state index contributed by atoms with van der Waals surface area (Å²) in [7, 11) is 9.18. The van der Waals surface area contributed by atoms with E-state index in [-0.39, 0.29) is 95.9 Å². The molecule has 6 aromatic carbocycles. The van der Waals surface area contributed by atoms with Crippen LogP contribution < -0.4 is 35.6 Å². The fourth-order valence-electron chi connectivity index (χ4n) is 19.5. The molecule has 14 N–H and O–H groups in total. The number of methoxy groups -OCH3 is 2. The average Bonchev–Trinajstić information content (AvgIpc) is 1.53. The van der Waals surface area contributed by atoms with Crippen LogP contribution in [-0.2, 0) is 67.2 Å². The first-order chi connectivity index (χ1) is 65.3. The first-order valence-corrected chi connectivity index (χ1v) is 47.0. The highest BCUT2D eigenvalue weighted by Crippen LogP contribution is 2.57. The third kappa shape index (κ3) is 21.6. The van der Waals surface area contributed by atoms with Crippen LogP contribution in [0.4, 0.5) is 22.7 Å². The number of aromatic amines is 2. The lowest BCUT2D eigenvalue weighted by molar-refractivity contribution is -0.161. The van der Waals surface area contributed by atoms with Gasteiger partial charge in [-0.05, 0) is 114 Å². The van der Waals surface area contributed by atoms with E-state index < -0.39 is 155 Å². The molecule has 0 unspecified atom stereocenters. The molecule has 18 atom stereocenters. The minimum Gasteiger partial charge on any atom is -0.507 e. The fraction of sp³-hybridized carbons (Fsp3) is 0.476. The third-order valence-electron chi connectivity index (χ3n) is 28.3. The summed E-state index contributed by atoms with van der Waals surface area (Å²) >= 11 is 0. The molecule has 33 nitrogen and oxygen atoms in total. The van der Waals surface area contributed by atoms with E-state index in [9.17, 15) is 74.4 Å². The van der Waals surface area contributed by atoms with Crippen LogP contribution in [-0.4, -0.2) is 255 Å². The SMILES string of the molecule is CN1CCN(c2ccc(C=O)cc2)CC1.CO[C@H]1/C=C/O[C@@]2(C)Oc3c(C)c(O)c4c(O)c(c5c(CN(C)Cc6ccc(N7CCN(C)CC7)cc6)c[nH]c5c4c3C2=O)NC(=O)/C(C)=C\C=C\[C@H](C)[C@H](O)[C@@H](C)[C@@H](O)[C@@H](C)[C@H](OC(C)=O)[C@@H]1C.CO[C@H]1/C=C/O[C@@]2(C)Oc3c(C)c(O)c4c(O)c(c5c(CN)c[nH]c5c4c3C2=O)NC(=O)/C(C)=C\C=C\[C@H](C)[C@H](O)[C@@H](C)[C@@H](O)[C@@H](C)[C@H](OC(C)=O)[C@@H]1C. The lowest BCUT2D eigenvalue weighted by Gasteiger charge is -2.38. The number of aliphatic hydroxyl groups is 4. The number of allylic oxidation sites excluding steroid dienone is 4. The molecular weight excluding hydrogens is 1770 g/mol. The van der Waals surface area contributed by atoms with E-state index in [0.29, 0.717) is 46.0 Å². The number of nitrogens with one attached hydrogen (secondary N) is 4. The van der Waals surface area contributed by atoms with Crippen molar-refractivity contribution in [3.05, 3.63) is 178 Å². The Morgan fingerprint density at radius 2 is 0.884 bits per heavy atom. The van der Waals surface area contributed by atoms with E-state index in [1.807, 2.05) is 31.3 Å². The first-order valence-electron chi connectivity index (χ1n) is 47.0. The second-order valence-corrected chi connectivity index (χ2v) is 38.2. The Morgan fingerprint density at radius 3 is 1.25 bits per heavy atom. The van der Waals surface area contributed by atoms with Crippen LogP contribution in [0.2, 0.25) is 0 Å². The second kappa shape index (κ2) is 43.9. The van der Waals surface area contributed by atoms with Gasteiger partial charge in [-0.1, -0.05) is 104 Å². The number of phenols is 4. The van der Waals surface area contributed by atoms with Crippen molar-refractivity contribution in [1.82, 2.24) is 24.7 Å². The smallest absolute Gasteiger partial charge is 0.312 e. The number of benzene rings is 6. The van der Waals surface area contributed by atoms with E-state index >= 15 is 0 Å². The standard InChI is InChI=1S/C53H69N5O11.C40H51N3O11.C12H16N2O/c1-28-13-12-14-29(2)52(65)55-44-39-36(27-57(10)26-35-15-17-37(18-16-35)58-22-20-56(9)21-23-58)25-54-43(39)40-41(48(44)63)47(62)33(6)50-42(40)51(64)53(8,69-50)67-24-19-38(66-11)30(3)49(68-34(7)59)32(5)46(61)31(4)45(28)60;1-17-11-10-12-18(2)39(50)43-31-26-24(15-41)16-42-30(26)27-28(35(31)48)34(47)22(6)37-29(27)38(49)40(8,54-37)52-14-13-25(51-9)19(3)36(53-23(7)44)21(5)33(46)20(4)32(17)45;1-13-6-8-14(9-7-13)12-4-2-11(10-15)3-5-12/h12-19,24-25,28,30-32,38,45-46,49,54,60-63H,20-23,26-27H2,1-11H3,(H,55,65);10-14,16-17,19-21,25,32-33,36,42,45-48H,15,41H2,1-9H3,(H,43,50);2-5,10H,6-9H2,1H3/b13-12+,24-19+,29-14-;11-10+,14-13+,18-12-;/t28-,30+,31+,32+,38-,45-,46+,49+,53-;17-,19+,20+,21+,25-,32-,33+,36+,40-;/m00./s1. The zero-order valence-electron chi connectivity index (χ0n) is 82.7. The summed E-state index contributed by atoms with van der Waals surface area (Å²) in [4.78, 5) is 110. The Balaban J connectivity index is 0.000000219. The van der Waals surface area contributed by atoms with Crippen LogP contribution in [0.25, 0.3) is 43.4 Å². The number of esters is 2. The van der Waals surface area contributed by atoms with E-state index in [0.717, 1.165) is 69.8 Å². The Morgan fingerprint density at radius 1 is 0.507 bits per heavy atom. The number of ketones is 2. The van der Waals surface area contributed by atoms with E-state index in [4.69, 9.17) is 43.6 Å². The van der Waals surface area contributed by atoms with Gasteiger partial charge in [0, 0.05) is 234 Å². The summed E-state index contributed by atoms with van der Waals surface area (Å²) in [6, 6.07) is 16.3. The zero-order valence-corrected chi connectivity index (χ0v) is 82.7. The molecule has 8 heterocycles. The highest BCUT2D eigenvalue weighted by molar-refractivity contribution is 6.31. The van der Waals surface area contributed by atoms with Crippen molar-refractivity contribution in [1.29, 1.82) is 0 Å². The number of amides is 2. The molecular formula is C105H136N10O23. The normalized spacial score (nSPS) is 29.0. The van der Waals surface area contributed by atoms with Crippen molar-refractivity contribution < 1.29 is 112 Å². The molecule has 2 aromatic heterocycles. The molecule has 0 spiro atoms. The van der Waals surface area contributed by atoms with Gasteiger partial charge in [0.25, 0.3) is 23.4 Å². The molecule has 2 fully saturated rings. The Bertz CT molecular complexity index is 6040. The number of H-pyrrole nitrogens is 2. The summed E-state index contributed by atoms with van der Waals surface area (Å²) in [5, 5.41) is 100. The summed E-state index contributed by atoms with van der Waals surface area (Å²) in [6.45, 7) is 34.9. The molecule has 138 heavy (non-hydrogen) atoms. The van der Waals surface area contributed by atoms with Crippen LogP contribution in [0.1, 0.15) is 156 Å². The molecule has 0 saturated carbocycles. The van der Waals surface area contributed by atoms with Crippen LogP contribution in [0.5, 0.6) is 34.5 Å². The molecule has 33 heteroatoms. The topological polar surface area (TPSA) is 453 Å². The average molecular weight is 1910 g/mol. The zero-order chi connectivity index (χ0) is 101. The predicted octanol–water partition coefficient (Wildman–Crippen LogP) is 13.2. The number of nitrogens with two attached hydrogens (primary N) is 1. The van der Waals surface area contributed by atoms with Crippen molar-refractivity contribution >= 4 is 108 Å². The number of anilines is 4. The largest absolute Gasteiger partial charge is 0.507 e. The number of hydrogen-bond acceptors (Lipinski definition) is 29. The summed E-state index contributed by atoms with van der Waals surface area (Å²) in [5.41, 5.74) is 13.1. The van der Waals surface area contributed by atoms with Crippen LogP contribution >= 0.6 is 0 Å². The van der Waals surface area contributed by atoms with Gasteiger partial charge in [0.15, 0.2) is 11.5 Å². The van der Waals surface area contributed by atoms with Crippen molar-refractivity contribution in [2.24, 2.45) is 53.1 Å². The number of piperazine rings is 2. The van der Waals surface area contributed by atoms with Gasteiger partial charge in [-0.25, -0.2) is 0 Å². The number of carbonyl (C=O) groups is 7. The molecule has 6 aliphatic heterocycles. The lowest BCUT2D eigenvalue weighted by atomic mass is 9.78. The van der Waals surface area contributed by atoms with Gasteiger partial charge in [0.1, 0.15) is 41.5 Å². The minimum absolute atomic E-state index is 0.00495. The highest BCUT2D eigenvalue weighted by atomic mass is 16.7. The number of likely N-dealkylation sites (N-methyl/N-ethyl adjacent to an activating group) is 2. The number of rotatable bonds is 12. The molecule has 2 amide bonds. The lowest BCUT2D eigenvalue weighted by Crippen LogP contribution is -2.46. The summed E-state index contributed by atoms with van der Waals surface area (Å²) < 4.78 is 47.8. The van der Waals surface area contributed by atoms with Crippen molar-refractivity contribution in [3.63, 3.8) is 0 Å². The van der Waals surface area contributed by atoms with Gasteiger partial charge in [-0.2, -0.15) is 0 Å². The number of aromatic hydroxyl groups is 4. The van der Waals surface area contributed by atoms with Crippen molar-refractivity contribution in [3.8, 4) is 34.5 Å².